The lowest BCUT2D eigenvalue weighted by Crippen LogP contribution is -2.30. The third kappa shape index (κ3) is 6.95. The maximum Gasteiger partial charge on any atom is 0.230 e. The van der Waals surface area contributed by atoms with Gasteiger partial charge < -0.3 is 5.32 Å². The zero-order valence-electron chi connectivity index (χ0n) is 15.7. The third-order valence-electron chi connectivity index (χ3n) is 4.03. The van der Waals surface area contributed by atoms with Gasteiger partial charge in [-0.25, -0.2) is 0 Å². The van der Waals surface area contributed by atoms with Crippen molar-refractivity contribution in [3.05, 3.63) is 70.8 Å². The Kier molecular flexibility index (Phi) is 7.57. The molecule has 0 heterocycles. The van der Waals surface area contributed by atoms with E-state index in [4.69, 9.17) is 0 Å². The lowest BCUT2D eigenvalue weighted by Gasteiger charge is -2.21. The Morgan fingerprint density at radius 2 is 1.68 bits per heavy atom. The molecule has 0 spiro atoms. The highest BCUT2D eigenvalue weighted by molar-refractivity contribution is 7.99. The molecule has 2 aromatic rings. The van der Waals surface area contributed by atoms with E-state index in [1.54, 1.807) is 11.8 Å². The number of aryl methyl sites for hydroxylation is 2. The normalized spacial score (nSPS) is 12.2. The van der Waals surface area contributed by atoms with Crippen molar-refractivity contribution in [2.24, 2.45) is 5.92 Å². The van der Waals surface area contributed by atoms with Gasteiger partial charge in [-0.3, -0.25) is 4.79 Å². The second-order valence-electron chi connectivity index (χ2n) is 7.15. The van der Waals surface area contributed by atoms with Gasteiger partial charge in [0.1, 0.15) is 0 Å². The van der Waals surface area contributed by atoms with Crippen LogP contribution < -0.4 is 5.32 Å². The number of carbonyl (C=O) groups is 1. The molecular weight excluding hydrogens is 326 g/mol. The summed E-state index contributed by atoms with van der Waals surface area (Å²) < 4.78 is 0. The molecule has 1 amide bonds. The van der Waals surface area contributed by atoms with E-state index in [0.29, 0.717) is 11.7 Å². The Morgan fingerprint density at radius 3 is 2.28 bits per heavy atom. The summed E-state index contributed by atoms with van der Waals surface area (Å²) in [5.74, 6) is 2.02. The van der Waals surface area contributed by atoms with Crippen LogP contribution in [0.4, 0.5) is 0 Å². The van der Waals surface area contributed by atoms with Crippen LogP contribution in [0, 0.1) is 19.8 Å². The van der Waals surface area contributed by atoms with Crippen LogP contribution >= 0.6 is 11.8 Å². The van der Waals surface area contributed by atoms with Crippen LogP contribution in [0.3, 0.4) is 0 Å². The van der Waals surface area contributed by atoms with E-state index in [1.165, 1.54) is 22.3 Å². The van der Waals surface area contributed by atoms with E-state index in [2.05, 4.69) is 63.3 Å². The van der Waals surface area contributed by atoms with Crippen molar-refractivity contribution < 1.29 is 4.79 Å². The molecule has 2 nitrogen and oxygen atoms in total. The highest BCUT2D eigenvalue weighted by Crippen LogP contribution is 2.22. The van der Waals surface area contributed by atoms with Crippen LogP contribution in [0.15, 0.2) is 48.5 Å². The molecule has 0 radical (unpaired) electrons. The number of thioether (sulfide) groups is 1. The van der Waals surface area contributed by atoms with Crippen LogP contribution in [0.5, 0.6) is 0 Å². The van der Waals surface area contributed by atoms with Crippen LogP contribution in [-0.4, -0.2) is 11.7 Å². The fraction of sp³-hybridized carbons (Fsp3) is 0.409. The Morgan fingerprint density at radius 1 is 1.04 bits per heavy atom. The minimum absolute atomic E-state index is 0.0931. The lowest BCUT2D eigenvalue weighted by atomic mass is 9.97. The molecular formula is C22H29NOS. The molecule has 134 valence electrons. The topological polar surface area (TPSA) is 29.1 Å². The molecule has 0 fully saturated rings. The maximum atomic E-state index is 12.4. The zero-order valence-corrected chi connectivity index (χ0v) is 16.5. The van der Waals surface area contributed by atoms with E-state index in [1.807, 2.05) is 18.2 Å². The van der Waals surface area contributed by atoms with Gasteiger partial charge >= 0.3 is 0 Å². The number of hydrogen-bond donors (Lipinski definition) is 1. The SMILES string of the molecule is Cc1cc(C)cc(CSCC(=O)N[C@@H](CC(C)C)c2ccccc2)c1. The molecule has 25 heavy (non-hydrogen) atoms. The minimum Gasteiger partial charge on any atom is -0.349 e. The first kappa shape index (κ1) is 19.6. The summed E-state index contributed by atoms with van der Waals surface area (Å²) in [7, 11) is 0. The van der Waals surface area contributed by atoms with E-state index in [9.17, 15) is 4.79 Å². The van der Waals surface area contributed by atoms with Crippen molar-refractivity contribution in [3.63, 3.8) is 0 Å². The maximum absolute atomic E-state index is 12.4. The van der Waals surface area contributed by atoms with Crippen molar-refractivity contribution in [1.82, 2.24) is 5.32 Å². The van der Waals surface area contributed by atoms with Crippen molar-refractivity contribution in [1.29, 1.82) is 0 Å². The monoisotopic (exact) mass is 355 g/mol. The van der Waals surface area contributed by atoms with E-state index in [0.717, 1.165) is 12.2 Å². The predicted octanol–water partition coefficient (Wildman–Crippen LogP) is 5.44. The molecule has 2 rings (SSSR count). The minimum atomic E-state index is 0.0931. The van der Waals surface area contributed by atoms with E-state index < -0.39 is 0 Å². The van der Waals surface area contributed by atoms with Gasteiger partial charge in [0, 0.05) is 5.75 Å². The Balaban J connectivity index is 1.88. The molecule has 0 aliphatic heterocycles. The predicted molar refractivity (Wildman–Crippen MR) is 109 cm³/mol. The first-order chi connectivity index (χ1) is 11.9. The van der Waals surface area contributed by atoms with Crippen molar-refractivity contribution in [2.45, 2.75) is 45.9 Å². The lowest BCUT2D eigenvalue weighted by molar-refractivity contribution is -0.119. The Bertz CT molecular complexity index is 661. The molecule has 0 aliphatic rings. The zero-order chi connectivity index (χ0) is 18.2. The number of hydrogen-bond acceptors (Lipinski definition) is 2. The van der Waals surface area contributed by atoms with Crippen LogP contribution in [-0.2, 0) is 10.5 Å². The van der Waals surface area contributed by atoms with E-state index in [-0.39, 0.29) is 11.9 Å². The van der Waals surface area contributed by atoms with Gasteiger partial charge in [0.25, 0.3) is 0 Å². The third-order valence-corrected chi connectivity index (χ3v) is 5.03. The van der Waals surface area contributed by atoms with Gasteiger partial charge in [-0.2, -0.15) is 0 Å². The van der Waals surface area contributed by atoms with Gasteiger partial charge in [-0.15, -0.1) is 11.8 Å². The summed E-state index contributed by atoms with van der Waals surface area (Å²) in [5.41, 5.74) is 5.03. The summed E-state index contributed by atoms with van der Waals surface area (Å²) >= 11 is 1.68. The van der Waals surface area contributed by atoms with Gasteiger partial charge in [0.15, 0.2) is 0 Å². The Labute approximate surface area is 156 Å². The number of nitrogens with one attached hydrogen (secondary N) is 1. The molecule has 1 N–H and O–H groups in total. The van der Waals surface area contributed by atoms with Crippen molar-refractivity contribution in [3.8, 4) is 0 Å². The molecule has 1 atom stereocenters. The molecule has 0 saturated heterocycles. The van der Waals surface area contributed by atoms with Gasteiger partial charge in [0.05, 0.1) is 11.8 Å². The standard InChI is InChI=1S/C22H29NOS/c1-16(2)10-21(20-8-6-5-7-9-20)23-22(24)15-25-14-19-12-17(3)11-18(4)13-19/h5-9,11-13,16,21H,10,14-15H2,1-4H3,(H,23,24)/t21-/m0/s1. The number of benzene rings is 2. The molecule has 2 aromatic carbocycles. The summed E-state index contributed by atoms with van der Waals surface area (Å²) in [6.07, 6.45) is 0.956. The second kappa shape index (κ2) is 9.67. The fourth-order valence-corrected chi connectivity index (χ4v) is 3.86. The summed E-state index contributed by atoms with van der Waals surface area (Å²) in [4.78, 5) is 12.4. The number of carbonyl (C=O) groups excluding carboxylic acids is 1. The summed E-state index contributed by atoms with van der Waals surface area (Å²) in [6.45, 7) is 8.61. The molecule has 0 bridgehead atoms. The largest absolute Gasteiger partial charge is 0.349 e. The average molecular weight is 356 g/mol. The molecule has 0 aliphatic carbocycles. The van der Waals surface area contributed by atoms with Crippen LogP contribution in [0.1, 0.15) is 48.6 Å². The summed E-state index contributed by atoms with van der Waals surface area (Å²) in [6, 6.07) is 16.9. The Hall–Kier alpha value is -1.74. The summed E-state index contributed by atoms with van der Waals surface area (Å²) in [5, 5.41) is 3.21. The first-order valence-corrected chi connectivity index (χ1v) is 10.1. The molecule has 0 unspecified atom stereocenters. The molecule has 0 saturated carbocycles. The highest BCUT2D eigenvalue weighted by Gasteiger charge is 2.16. The van der Waals surface area contributed by atoms with Gasteiger partial charge in [-0.05, 0) is 37.3 Å². The first-order valence-electron chi connectivity index (χ1n) is 8.93. The highest BCUT2D eigenvalue weighted by atomic mass is 32.2. The van der Waals surface area contributed by atoms with Gasteiger partial charge in [0.2, 0.25) is 5.91 Å². The van der Waals surface area contributed by atoms with Crippen molar-refractivity contribution in [2.75, 3.05) is 5.75 Å². The molecule has 0 aromatic heterocycles. The smallest absolute Gasteiger partial charge is 0.230 e. The molecule has 3 heteroatoms. The fourth-order valence-electron chi connectivity index (χ4n) is 3.08. The quantitative estimate of drug-likeness (QED) is 0.683. The number of amides is 1. The average Bonchev–Trinajstić information content (AvgIpc) is 2.54. The van der Waals surface area contributed by atoms with Crippen LogP contribution in [0.25, 0.3) is 0 Å². The van der Waals surface area contributed by atoms with Gasteiger partial charge in [-0.1, -0.05) is 73.5 Å². The van der Waals surface area contributed by atoms with E-state index >= 15 is 0 Å². The van der Waals surface area contributed by atoms with Crippen LogP contribution in [0.2, 0.25) is 0 Å². The number of rotatable bonds is 8. The second-order valence-corrected chi connectivity index (χ2v) is 8.13. The van der Waals surface area contributed by atoms with Crippen molar-refractivity contribution >= 4 is 17.7 Å².